The molecule has 1 fully saturated rings. The van der Waals surface area contributed by atoms with Gasteiger partial charge in [-0.3, -0.25) is 9.52 Å². The van der Waals surface area contributed by atoms with Crippen molar-refractivity contribution in [1.82, 2.24) is 14.9 Å². The van der Waals surface area contributed by atoms with Crippen LogP contribution in [0.4, 0.5) is 5.69 Å². The zero-order valence-electron chi connectivity index (χ0n) is 21.9. The summed E-state index contributed by atoms with van der Waals surface area (Å²) in [5.41, 5.74) is 1.99. The van der Waals surface area contributed by atoms with Crippen molar-refractivity contribution >= 4 is 26.6 Å². The minimum Gasteiger partial charge on any atom is -0.491 e. The maximum atomic E-state index is 12.6. The summed E-state index contributed by atoms with van der Waals surface area (Å²) in [6.07, 6.45) is 6.80. The van der Waals surface area contributed by atoms with Crippen molar-refractivity contribution < 1.29 is 22.6 Å². The third kappa shape index (κ3) is 6.62. The lowest BCUT2D eigenvalue weighted by molar-refractivity contribution is 0.0168. The Labute approximate surface area is 227 Å². The highest BCUT2D eigenvalue weighted by molar-refractivity contribution is 7.92. The summed E-state index contributed by atoms with van der Waals surface area (Å²) in [7, 11) is -1.83. The number of benzene rings is 2. The van der Waals surface area contributed by atoms with Crippen molar-refractivity contribution in [2.24, 2.45) is 7.05 Å². The second-order valence-electron chi connectivity index (χ2n) is 9.56. The second kappa shape index (κ2) is 11.5. The van der Waals surface area contributed by atoms with E-state index in [9.17, 15) is 13.2 Å². The fourth-order valence-electron chi connectivity index (χ4n) is 4.68. The number of fused-ring (bicyclic) bond motifs is 1. The van der Waals surface area contributed by atoms with Gasteiger partial charge in [0.15, 0.2) is 0 Å². The molecule has 0 spiro atoms. The summed E-state index contributed by atoms with van der Waals surface area (Å²) >= 11 is 0. The van der Waals surface area contributed by atoms with E-state index < -0.39 is 10.0 Å². The number of anilines is 1. The summed E-state index contributed by atoms with van der Waals surface area (Å²) < 4.78 is 45.9. The quantitative estimate of drug-likeness (QED) is 0.255. The van der Waals surface area contributed by atoms with E-state index in [1.54, 1.807) is 43.7 Å². The number of aryl methyl sites for hydroxylation is 1. The number of pyridine rings is 1. The molecule has 0 atom stereocenters. The molecule has 0 amide bonds. The van der Waals surface area contributed by atoms with E-state index >= 15 is 0 Å². The molecule has 0 unspecified atom stereocenters. The topological polar surface area (TPSA) is 124 Å². The molecule has 11 heteroatoms. The number of aromatic nitrogens is 2. The van der Waals surface area contributed by atoms with Crippen LogP contribution < -0.4 is 25.1 Å². The molecule has 3 N–H and O–H groups in total. The number of nitrogens with zero attached hydrogens (tertiary/aromatic N) is 1. The number of rotatable bonds is 10. The van der Waals surface area contributed by atoms with Crippen LogP contribution in [-0.2, 0) is 21.8 Å². The lowest BCUT2D eigenvalue weighted by atomic mass is 10.0. The Morgan fingerprint density at radius 3 is 2.62 bits per heavy atom. The van der Waals surface area contributed by atoms with E-state index in [1.807, 2.05) is 24.3 Å². The van der Waals surface area contributed by atoms with Crippen molar-refractivity contribution in [2.45, 2.75) is 18.9 Å². The van der Waals surface area contributed by atoms with Gasteiger partial charge in [0.05, 0.1) is 19.0 Å². The molecule has 2 aromatic heterocycles. The molecule has 1 aliphatic heterocycles. The van der Waals surface area contributed by atoms with Gasteiger partial charge >= 0.3 is 0 Å². The van der Waals surface area contributed by atoms with Gasteiger partial charge in [0.1, 0.15) is 29.4 Å². The van der Waals surface area contributed by atoms with E-state index in [-0.39, 0.29) is 11.7 Å². The van der Waals surface area contributed by atoms with Gasteiger partial charge in [-0.25, -0.2) is 8.42 Å². The van der Waals surface area contributed by atoms with E-state index in [1.165, 1.54) is 4.57 Å². The average Bonchev–Trinajstić information content (AvgIpc) is 3.40. The van der Waals surface area contributed by atoms with E-state index in [0.717, 1.165) is 32.2 Å². The Hall–Kier alpha value is -3.80. The molecule has 1 aliphatic rings. The van der Waals surface area contributed by atoms with Gasteiger partial charge in [-0.05, 0) is 62.3 Å². The predicted molar refractivity (Wildman–Crippen MR) is 151 cm³/mol. The van der Waals surface area contributed by atoms with Crippen LogP contribution >= 0.6 is 0 Å². The normalized spacial score (nSPS) is 14.4. The number of sulfonamides is 1. The Morgan fingerprint density at radius 1 is 1.03 bits per heavy atom. The summed E-state index contributed by atoms with van der Waals surface area (Å²) in [5, 5.41) is 4.02. The summed E-state index contributed by atoms with van der Waals surface area (Å²) in [5.74, 6) is 1.68. The lowest BCUT2D eigenvalue weighted by Crippen LogP contribution is -2.33. The highest BCUT2D eigenvalue weighted by Crippen LogP contribution is 2.39. The molecular weight excluding hydrogens is 520 g/mol. The molecule has 5 rings (SSSR count). The summed E-state index contributed by atoms with van der Waals surface area (Å²) in [6.45, 7) is 2.89. The fraction of sp³-hybridized carbons (Fsp3) is 0.321. The van der Waals surface area contributed by atoms with E-state index in [2.05, 4.69) is 15.0 Å². The van der Waals surface area contributed by atoms with E-state index in [4.69, 9.17) is 14.2 Å². The number of H-pyrrole nitrogens is 1. The SMILES string of the molecule is Cn1cc(-c2cc(NS(C)(=O)=O)ccc2Oc2cccc(OCCOC3CCNCC3)c2)c2cc[nH]c2c1=O. The van der Waals surface area contributed by atoms with Crippen molar-refractivity contribution in [2.75, 3.05) is 37.3 Å². The van der Waals surface area contributed by atoms with Crippen LogP contribution in [-0.4, -0.2) is 56.6 Å². The zero-order valence-corrected chi connectivity index (χ0v) is 22.7. The first-order valence-electron chi connectivity index (χ1n) is 12.8. The average molecular weight is 553 g/mol. The molecule has 1 saturated heterocycles. The maximum absolute atomic E-state index is 12.6. The number of aromatic amines is 1. The van der Waals surface area contributed by atoms with Crippen molar-refractivity contribution in [1.29, 1.82) is 0 Å². The van der Waals surface area contributed by atoms with Gasteiger partial charge in [0, 0.05) is 47.7 Å². The number of hydrogen-bond acceptors (Lipinski definition) is 7. The van der Waals surface area contributed by atoms with Crippen LogP contribution in [0.3, 0.4) is 0 Å². The minimum atomic E-state index is -3.50. The van der Waals surface area contributed by atoms with Crippen LogP contribution in [0, 0.1) is 0 Å². The van der Waals surface area contributed by atoms with Crippen LogP contribution in [0.2, 0.25) is 0 Å². The summed E-state index contributed by atoms with van der Waals surface area (Å²) in [4.78, 5) is 15.6. The molecular formula is C28H32N4O6S. The van der Waals surface area contributed by atoms with Crippen molar-refractivity contribution in [3.05, 3.63) is 71.3 Å². The number of nitrogens with one attached hydrogen (secondary N) is 3. The maximum Gasteiger partial charge on any atom is 0.274 e. The Balaban J connectivity index is 1.40. The molecule has 4 aromatic rings. The Kier molecular flexibility index (Phi) is 7.92. The smallest absolute Gasteiger partial charge is 0.274 e. The standard InChI is InChI=1S/C28H32N4O6S/c1-32-18-25(23-10-13-30-27(23)28(32)33)24-16-19(31-39(2,34)35)6-7-26(24)38-22-5-3-4-21(17-22)37-15-14-36-20-8-11-29-12-9-20/h3-7,10,13,16-18,20,29-31H,8-9,11-12,14-15H2,1-2H3. The first-order chi connectivity index (χ1) is 18.8. The molecule has 0 saturated carbocycles. The number of ether oxygens (including phenoxy) is 3. The van der Waals surface area contributed by atoms with Gasteiger partial charge in [0.2, 0.25) is 10.0 Å². The molecule has 0 aliphatic carbocycles. The van der Waals surface area contributed by atoms with E-state index in [0.29, 0.717) is 58.2 Å². The summed E-state index contributed by atoms with van der Waals surface area (Å²) in [6, 6.07) is 14.2. The largest absolute Gasteiger partial charge is 0.491 e. The third-order valence-electron chi connectivity index (χ3n) is 6.49. The van der Waals surface area contributed by atoms with Crippen LogP contribution in [0.15, 0.2) is 65.7 Å². The van der Waals surface area contributed by atoms with Crippen molar-refractivity contribution in [3.63, 3.8) is 0 Å². The molecule has 206 valence electrons. The van der Waals surface area contributed by atoms with Crippen LogP contribution in [0.5, 0.6) is 17.2 Å². The zero-order chi connectivity index (χ0) is 27.4. The van der Waals surface area contributed by atoms with Gasteiger partial charge in [-0.1, -0.05) is 6.07 Å². The minimum absolute atomic E-state index is 0.166. The van der Waals surface area contributed by atoms with Gasteiger partial charge < -0.3 is 29.1 Å². The Bertz CT molecular complexity index is 1620. The molecule has 10 nitrogen and oxygen atoms in total. The predicted octanol–water partition coefficient (Wildman–Crippen LogP) is 3.84. The number of hydrogen-bond donors (Lipinski definition) is 3. The van der Waals surface area contributed by atoms with Crippen molar-refractivity contribution in [3.8, 4) is 28.4 Å². The highest BCUT2D eigenvalue weighted by Gasteiger charge is 2.17. The van der Waals surface area contributed by atoms with Gasteiger partial charge in [0.25, 0.3) is 5.56 Å². The molecule has 2 aromatic carbocycles. The molecule has 39 heavy (non-hydrogen) atoms. The van der Waals surface area contributed by atoms with Gasteiger partial charge in [-0.15, -0.1) is 0 Å². The second-order valence-corrected chi connectivity index (χ2v) is 11.3. The lowest BCUT2D eigenvalue weighted by Gasteiger charge is -2.22. The third-order valence-corrected chi connectivity index (χ3v) is 7.10. The number of piperidine rings is 1. The molecule has 0 bridgehead atoms. The van der Waals surface area contributed by atoms with Crippen LogP contribution in [0.1, 0.15) is 12.8 Å². The fourth-order valence-corrected chi connectivity index (χ4v) is 5.24. The molecule has 0 radical (unpaired) electrons. The first kappa shape index (κ1) is 26.8. The van der Waals surface area contributed by atoms with Gasteiger partial charge in [-0.2, -0.15) is 0 Å². The monoisotopic (exact) mass is 552 g/mol. The Morgan fingerprint density at radius 2 is 1.82 bits per heavy atom. The molecule has 3 heterocycles. The highest BCUT2D eigenvalue weighted by atomic mass is 32.2. The van der Waals surface area contributed by atoms with Crippen LogP contribution in [0.25, 0.3) is 22.0 Å². The first-order valence-corrected chi connectivity index (χ1v) is 14.7.